The molecule has 0 aliphatic carbocycles. The van der Waals surface area contributed by atoms with Crippen LogP contribution in [0.25, 0.3) is 0 Å². The highest BCUT2D eigenvalue weighted by atomic mass is 16.7. The van der Waals surface area contributed by atoms with E-state index in [-0.39, 0.29) is 64.1 Å². The molecule has 1 aliphatic rings. The zero-order valence-electron chi connectivity index (χ0n) is 35.1. The van der Waals surface area contributed by atoms with E-state index in [0.717, 1.165) is 16.7 Å². The summed E-state index contributed by atoms with van der Waals surface area (Å²) in [4.78, 5) is 21.8. The van der Waals surface area contributed by atoms with Crippen LogP contribution in [-0.4, -0.2) is 77.1 Å². The summed E-state index contributed by atoms with van der Waals surface area (Å²) in [6.07, 6.45) is -0.599. The first kappa shape index (κ1) is 44.5. The van der Waals surface area contributed by atoms with Crippen LogP contribution in [0.15, 0.2) is 152 Å². The van der Waals surface area contributed by atoms with Gasteiger partial charge < -0.3 is 28.4 Å². The maximum absolute atomic E-state index is 11.4. The summed E-state index contributed by atoms with van der Waals surface area (Å²) in [6.45, 7) is 1.33. The minimum Gasteiger partial charge on any atom is -0.372 e. The Morgan fingerprint density at radius 3 is 1.45 bits per heavy atom. The first-order valence-electron chi connectivity index (χ1n) is 20.9. The average Bonchev–Trinajstić information content (AvgIpc) is 3.99. The Morgan fingerprint density at radius 1 is 0.508 bits per heavy atom. The van der Waals surface area contributed by atoms with Crippen LogP contribution in [0.4, 0.5) is 11.4 Å². The van der Waals surface area contributed by atoms with Crippen molar-refractivity contribution >= 4 is 11.4 Å². The van der Waals surface area contributed by atoms with Crippen LogP contribution in [-0.2, 0) is 74.5 Å². The fourth-order valence-electron chi connectivity index (χ4n) is 7.34. The summed E-state index contributed by atoms with van der Waals surface area (Å²) < 4.78 is 43.1. The van der Waals surface area contributed by atoms with Crippen LogP contribution >= 0.6 is 0 Å². The third-order valence-electron chi connectivity index (χ3n) is 10.5. The lowest BCUT2D eigenvalue weighted by molar-refractivity contribution is -0.385. The van der Waals surface area contributed by atoms with Gasteiger partial charge in [0.25, 0.3) is 11.4 Å². The Kier molecular flexibility index (Phi) is 15.1. The van der Waals surface area contributed by atoms with Crippen LogP contribution < -0.4 is 0 Å². The van der Waals surface area contributed by atoms with Crippen molar-refractivity contribution in [3.05, 3.63) is 211 Å². The second kappa shape index (κ2) is 22.0. The number of rotatable bonds is 22. The van der Waals surface area contributed by atoms with E-state index in [9.17, 15) is 20.2 Å². The molecule has 7 aromatic rings. The van der Waals surface area contributed by atoms with Gasteiger partial charge in [0.2, 0.25) is 0 Å². The number of nitrogens with zero attached hydrogens (tertiary/aromatic N) is 8. The molecule has 0 bridgehead atoms. The number of nitro groups is 2. The molecule has 1 aliphatic heterocycles. The predicted octanol–water partition coefficient (Wildman–Crippen LogP) is 7.00. The molecule has 65 heavy (non-hydrogen) atoms. The van der Waals surface area contributed by atoms with E-state index in [2.05, 4.69) is 20.6 Å². The summed E-state index contributed by atoms with van der Waals surface area (Å²) in [6, 6.07) is 42.1. The second-order valence-electron chi connectivity index (χ2n) is 15.3. The number of benzene rings is 5. The number of non-ortho nitro benzene ring substituents is 2. The molecule has 0 saturated carbocycles. The van der Waals surface area contributed by atoms with Gasteiger partial charge in [-0.25, -0.2) is 9.36 Å². The van der Waals surface area contributed by atoms with Gasteiger partial charge in [0.05, 0.1) is 75.0 Å². The molecule has 0 radical (unpaired) electrons. The van der Waals surface area contributed by atoms with Gasteiger partial charge in [0.1, 0.15) is 35.8 Å². The van der Waals surface area contributed by atoms with Crippen LogP contribution in [0.2, 0.25) is 0 Å². The van der Waals surface area contributed by atoms with Crippen molar-refractivity contribution in [2.24, 2.45) is 0 Å². The van der Waals surface area contributed by atoms with E-state index in [4.69, 9.17) is 28.4 Å². The minimum atomic E-state index is -1.01. The summed E-state index contributed by atoms with van der Waals surface area (Å²) in [7, 11) is 0. The highest BCUT2D eigenvalue weighted by molar-refractivity contribution is 5.35. The molecule has 8 rings (SSSR count). The monoisotopic (exact) mass is 882 g/mol. The van der Waals surface area contributed by atoms with Crippen molar-refractivity contribution in [2.45, 2.75) is 76.8 Å². The summed E-state index contributed by atoms with van der Waals surface area (Å²) in [5, 5.41) is 39.8. The number of ether oxygens (including phenoxy) is 6. The molecular weight excluding hydrogens is 837 g/mol. The van der Waals surface area contributed by atoms with Gasteiger partial charge in [-0.15, -0.1) is 10.2 Å². The number of aromatic nitrogens is 6. The standard InChI is InChI=1S/C47H46N8O10/c56-54(57)41-20-10-18-37(22-41)24-52-26-39(48-50-52)31-60-33-43-44(61-28-34-12-4-1-5-13-34)45(62-29-35-14-6-2-7-15-35)46(63-30-36-16-8-3-9-17-36)47(65-43)64-32-40-27-53(51-49-40)25-38-19-11-21-42(23-38)55(58)59/h1-23,26-27,43-47H,24-25,28-33H2/t43-,44-,45+,46-,47+/m1/s1. The van der Waals surface area contributed by atoms with E-state index in [1.807, 2.05) is 91.0 Å². The molecule has 1 fully saturated rings. The van der Waals surface area contributed by atoms with E-state index in [1.165, 1.54) is 24.3 Å². The van der Waals surface area contributed by atoms with Crippen LogP contribution in [0.1, 0.15) is 39.2 Å². The Labute approximate surface area is 373 Å². The quantitative estimate of drug-likeness (QED) is 0.0497. The Hall–Kier alpha value is -7.06. The molecule has 1 saturated heterocycles. The highest BCUT2D eigenvalue weighted by Crippen LogP contribution is 2.32. The maximum Gasteiger partial charge on any atom is 0.269 e. The van der Waals surface area contributed by atoms with Gasteiger partial charge in [-0.3, -0.25) is 20.2 Å². The fourth-order valence-corrected chi connectivity index (χ4v) is 7.34. The molecule has 0 amide bonds. The van der Waals surface area contributed by atoms with Gasteiger partial charge in [0.15, 0.2) is 6.29 Å². The molecule has 5 aromatic carbocycles. The van der Waals surface area contributed by atoms with Crippen molar-refractivity contribution in [1.82, 2.24) is 30.0 Å². The summed E-state index contributed by atoms with van der Waals surface area (Å²) in [5.74, 6) is 0. The number of nitro benzene ring substituents is 2. The molecule has 0 unspecified atom stereocenters. The molecule has 2 aromatic heterocycles. The van der Waals surface area contributed by atoms with Crippen LogP contribution in [0.3, 0.4) is 0 Å². The highest BCUT2D eigenvalue weighted by Gasteiger charge is 2.49. The molecule has 18 nitrogen and oxygen atoms in total. The molecule has 0 spiro atoms. The van der Waals surface area contributed by atoms with Gasteiger partial charge >= 0.3 is 0 Å². The molecule has 334 valence electrons. The van der Waals surface area contributed by atoms with E-state index < -0.39 is 40.6 Å². The predicted molar refractivity (Wildman–Crippen MR) is 233 cm³/mol. The molecule has 5 atom stereocenters. The van der Waals surface area contributed by atoms with E-state index >= 15 is 0 Å². The Morgan fingerprint density at radius 2 is 0.954 bits per heavy atom. The first-order valence-corrected chi connectivity index (χ1v) is 20.9. The SMILES string of the molecule is O=[N+]([O-])c1cccc(Cn2cc(COC[C@H]3O[C@H](OCc4cn(Cc5cccc([N+](=O)[O-])c5)nn4)[C@H](OCc4ccccc4)[C@@H](OCc4ccccc4)[C@@H]3OCc3ccccc3)nn2)c1. The van der Waals surface area contributed by atoms with Gasteiger partial charge in [-0.1, -0.05) is 126 Å². The van der Waals surface area contributed by atoms with Crippen LogP contribution in [0.5, 0.6) is 0 Å². The normalized spacial score (nSPS) is 18.4. The minimum absolute atomic E-state index is 0.00631. The van der Waals surface area contributed by atoms with E-state index in [1.54, 1.807) is 46.0 Å². The smallest absolute Gasteiger partial charge is 0.269 e. The third-order valence-corrected chi connectivity index (χ3v) is 10.5. The summed E-state index contributed by atoms with van der Waals surface area (Å²) in [5.41, 5.74) is 5.23. The average molecular weight is 883 g/mol. The van der Waals surface area contributed by atoms with E-state index in [0.29, 0.717) is 22.5 Å². The summed E-state index contributed by atoms with van der Waals surface area (Å²) >= 11 is 0. The zero-order chi connectivity index (χ0) is 44.8. The van der Waals surface area contributed by atoms with Gasteiger partial charge in [0, 0.05) is 24.3 Å². The Balaban J connectivity index is 1.04. The maximum atomic E-state index is 11.4. The van der Waals surface area contributed by atoms with Gasteiger partial charge in [-0.2, -0.15) is 0 Å². The lowest BCUT2D eigenvalue weighted by Gasteiger charge is -2.45. The molecular formula is C47H46N8O10. The number of hydrogen-bond donors (Lipinski definition) is 0. The van der Waals surface area contributed by atoms with Crippen molar-refractivity contribution in [2.75, 3.05) is 6.61 Å². The lowest BCUT2D eigenvalue weighted by Crippen LogP contribution is -2.61. The second-order valence-corrected chi connectivity index (χ2v) is 15.3. The molecule has 0 N–H and O–H groups in total. The van der Waals surface area contributed by atoms with Crippen LogP contribution in [0, 0.1) is 20.2 Å². The van der Waals surface area contributed by atoms with Crippen molar-refractivity contribution < 1.29 is 38.3 Å². The van der Waals surface area contributed by atoms with Crippen molar-refractivity contribution in [3.8, 4) is 0 Å². The third kappa shape index (κ3) is 12.6. The van der Waals surface area contributed by atoms with Crippen molar-refractivity contribution in [1.29, 1.82) is 0 Å². The molecule has 18 heteroatoms. The lowest BCUT2D eigenvalue weighted by atomic mass is 9.97. The fraction of sp³-hybridized carbons (Fsp3) is 0.277. The van der Waals surface area contributed by atoms with Crippen molar-refractivity contribution in [3.63, 3.8) is 0 Å². The number of hydrogen-bond acceptors (Lipinski definition) is 14. The zero-order valence-corrected chi connectivity index (χ0v) is 35.1. The van der Waals surface area contributed by atoms with Gasteiger partial charge in [-0.05, 0) is 27.8 Å². The topological polar surface area (TPSA) is 203 Å². The Bertz CT molecular complexity index is 2600. The first-order chi connectivity index (χ1) is 31.8. The molecule has 3 heterocycles. The largest absolute Gasteiger partial charge is 0.372 e.